The second kappa shape index (κ2) is 2.67. The van der Waals surface area contributed by atoms with Gasteiger partial charge in [0.2, 0.25) is 0 Å². The Labute approximate surface area is 61.6 Å². The Balaban J connectivity index is 2.67. The fourth-order valence-electron chi connectivity index (χ4n) is 0.735. The van der Waals surface area contributed by atoms with Gasteiger partial charge in [0.1, 0.15) is 6.61 Å². The third kappa shape index (κ3) is 1.35. The highest BCUT2D eigenvalue weighted by Crippen LogP contribution is 1.93. The number of rotatable bonds is 2. The van der Waals surface area contributed by atoms with Crippen molar-refractivity contribution < 1.29 is 19.5 Å². The minimum Gasteiger partial charge on any atom is -0.388 e. The molecule has 1 rings (SSSR count). The summed E-state index contributed by atoms with van der Waals surface area (Å²) in [6.07, 6.45) is 0. The molecule has 0 bridgehead atoms. The van der Waals surface area contributed by atoms with Gasteiger partial charge in [0.25, 0.3) is 5.91 Å². The maximum absolute atomic E-state index is 10.7. The summed E-state index contributed by atoms with van der Waals surface area (Å²) in [7, 11) is 0. The lowest BCUT2D eigenvalue weighted by molar-refractivity contribution is -0.130. The largest absolute Gasteiger partial charge is 0.388 e. The van der Waals surface area contributed by atoms with Gasteiger partial charge in [-0.3, -0.25) is 14.9 Å². The zero-order valence-corrected chi connectivity index (χ0v) is 5.46. The lowest BCUT2D eigenvalue weighted by Crippen LogP contribution is -2.39. The number of urea groups is 1. The van der Waals surface area contributed by atoms with E-state index in [2.05, 4.69) is 0 Å². The number of nitrogens with one attached hydrogen (secondary N) is 2. The predicted molar refractivity (Wildman–Crippen MR) is 32.6 cm³/mol. The maximum Gasteiger partial charge on any atom is 0.322 e. The highest BCUT2D eigenvalue weighted by atomic mass is 16.3. The summed E-state index contributed by atoms with van der Waals surface area (Å²) in [5, 5.41) is 12.2. The van der Waals surface area contributed by atoms with Gasteiger partial charge in [0.05, 0.1) is 0 Å². The molecule has 0 saturated carbocycles. The van der Waals surface area contributed by atoms with Crippen LogP contribution in [0.2, 0.25) is 0 Å². The minimum atomic E-state index is -1.22. The fraction of sp³-hybridized carbons (Fsp3) is 0.400. The zero-order chi connectivity index (χ0) is 8.43. The van der Waals surface area contributed by atoms with E-state index in [9.17, 15) is 14.4 Å². The number of carbonyl (C=O) groups excluding carboxylic acids is 3. The average molecular weight is 158 g/mol. The molecule has 1 aliphatic rings. The molecule has 3 N–H and O–H groups in total. The average Bonchev–Trinajstić information content (AvgIpc) is 2.28. The van der Waals surface area contributed by atoms with Gasteiger partial charge in [-0.15, -0.1) is 0 Å². The van der Waals surface area contributed by atoms with E-state index in [4.69, 9.17) is 5.11 Å². The summed E-state index contributed by atoms with van der Waals surface area (Å²) in [4.78, 5) is 31.7. The van der Waals surface area contributed by atoms with Crippen LogP contribution in [-0.2, 0) is 9.59 Å². The first kappa shape index (κ1) is 7.67. The molecular weight excluding hydrogens is 152 g/mol. The van der Waals surface area contributed by atoms with Crippen LogP contribution in [0.3, 0.4) is 0 Å². The molecule has 11 heavy (non-hydrogen) atoms. The first-order chi connectivity index (χ1) is 5.15. The number of ketones is 1. The Morgan fingerprint density at radius 2 is 2.18 bits per heavy atom. The molecule has 1 atom stereocenters. The first-order valence-corrected chi connectivity index (χ1v) is 2.90. The van der Waals surface area contributed by atoms with Crippen molar-refractivity contribution in [2.24, 2.45) is 0 Å². The van der Waals surface area contributed by atoms with E-state index in [0.717, 1.165) is 0 Å². The van der Waals surface area contributed by atoms with Gasteiger partial charge >= 0.3 is 6.03 Å². The Morgan fingerprint density at radius 1 is 1.55 bits per heavy atom. The molecule has 6 nitrogen and oxygen atoms in total. The van der Waals surface area contributed by atoms with E-state index in [-0.39, 0.29) is 0 Å². The molecule has 0 aromatic rings. The lowest BCUT2D eigenvalue weighted by Gasteiger charge is -2.00. The molecule has 1 heterocycles. The smallest absolute Gasteiger partial charge is 0.322 e. The molecular formula is C5H6N2O4. The SMILES string of the molecule is O=C1NC(=O)C(C(=O)CO)N1. The Kier molecular flexibility index (Phi) is 1.86. The Morgan fingerprint density at radius 3 is 2.55 bits per heavy atom. The number of amides is 3. The number of aliphatic hydroxyl groups excluding tert-OH is 1. The highest BCUT2D eigenvalue weighted by Gasteiger charge is 2.34. The molecule has 0 aromatic heterocycles. The number of hydrogen-bond donors (Lipinski definition) is 3. The standard InChI is InChI=1S/C5H6N2O4/c8-1-2(9)3-4(10)7-5(11)6-3/h3,8H,1H2,(H2,6,7,10,11). The molecule has 0 aromatic carbocycles. The van der Waals surface area contributed by atoms with E-state index in [1.165, 1.54) is 0 Å². The summed E-state index contributed by atoms with van der Waals surface area (Å²) < 4.78 is 0. The van der Waals surface area contributed by atoms with Crippen molar-refractivity contribution in [3.63, 3.8) is 0 Å². The van der Waals surface area contributed by atoms with Gasteiger partial charge in [-0.1, -0.05) is 0 Å². The Bertz CT molecular complexity index is 225. The van der Waals surface area contributed by atoms with Gasteiger partial charge in [0, 0.05) is 0 Å². The maximum atomic E-state index is 10.7. The van der Waals surface area contributed by atoms with Crippen LogP contribution >= 0.6 is 0 Å². The van der Waals surface area contributed by atoms with Crippen molar-refractivity contribution in [2.45, 2.75) is 6.04 Å². The molecule has 1 saturated heterocycles. The summed E-state index contributed by atoms with van der Waals surface area (Å²) in [6, 6.07) is -1.92. The minimum absolute atomic E-state index is 0.707. The molecule has 6 heteroatoms. The van der Waals surface area contributed by atoms with Crippen LogP contribution in [0.25, 0.3) is 0 Å². The van der Waals surface area contributed by atoms with Crippen molar-refractivity contribution in [3.05, 3.63) is 0 Å². The second-order valence-corrected chi connectivity index (χ2v) is 2.02. The third-order valence-electron chi connectivity index (χ3n) is 1.25. The summed E-state index contributed by atoms with van der Waals surface area (Å²) in [6.45, 7) is -0.752. The topological polar surface area (TPSA) is 95.5 Å². The van der Waals surface area contributed by atoms with E-state index < -0.39 is 30.4 Å². The number of Topliss-reactive ketones (excluding diaryl/α,β-unsaturated/α-hetero) is 1. The normalized spacial score (nSPS) is 22.8. The number of aliphatic hydroxyl groups is 1. The second-order valence-electron chi connectivity index (χ2n) is 2.02. The van der Waals surface area contributed by atoms with Crippen LogP contribution in [0.15, 0.2) is 0 Å². The van der Waals surface area contributed by atoms with Crippen molar-refractivity contribution >= 4 is 17.7 Å². The Hall–Kier alpha value is -1.43. The van der Waals surface area contributed by atoms with Gasteiger partial charge in [-0.05, 0) is 0 Å². The lowest BCUT2D eigenvalue weighted by atomic mass is 10.2. The van der Waals surface area contributed by atoms with E-state index >= 15 is 0 Å². The van der Waals surface area contributed by atoms with Crippen LogP contribution in [0.4, 0.5) is 4.79 Å². The van der Waals surface area contributed by atoms with E-state index in [1.54, 1.807) is 0 Å². The quantitative estimate of drug-likeness (QED) is 0.312. The monoisotopic (exact) mass is 158 g/mol. The van der Waals surface area contributed by atoms with Crippen LogP contribution in [0.1, 0.15) is 0 Å². The molecule has 3 amide bonds. The summed E-state index contributed by atoms with van der Waals surface area (Å²) in [5.41, 5.74) is 0. The van der Waals surface area contributed by atoms with Gasteiger partial charge < -0.3 is 10.4 Å². The predicted octanol–water partition coefficient (Wildman–Crippen LogP) is -2.24. The number of hydrogen-bond acceptors (Lipinski definition) is 4. The highest BCUT2D eigenvalue weighted by molar-refractivity contribution is 6.16. The molecule has 1 unspecified atom stereocenters. The van der Waals surface area contributed by atoms with Crippen LogP contribution in [0.5, 0.6) is 0 Å². The molecule has 0 spiro atoms. The van der Waals surface area contributed by atoms with Crippen molar-refractivity contribution in [3.8, 4) is 0 Å². The third-order valence-corrected chi connectivity index (χ3v) is 1.25. The van der Waals surface area contributed by atoms with Crippen LogP contribution in [-0.4, -0.2) is 35.5 Å². The molecule has 1 aliphatic heterocycles. The van der Waals surface area contributed by atoms with Gasteiger partial charge in [-0.25, -0.2) is 4.79 Å². The number of carbonyl (C=O) groups is 3. The van der Waals surface area contributed by atoms with Gasteiger partial charge in [0.15, 0.2) is 11.8 Å². The summed E-state index contributed by atoms with van der Waals surface area (Å²) in [5.74, 6) is -1.43. The van der Waals surface area contributed by atoms with Crippen LogP contribution < -0.4 is 10.6 Å². The van der Waals surface area contributed by atoms with Crippen LogP contribution in [0, 0.1) is 0 Å². The number of imide groups is 1. The zero-order valence-electron chi connectivity index (χ0n) is 5.46. The molecule has 0 radical (unpaired) electrons. The summed E-state index contributed by atoms with van der Waals surface area (Å²) >= 11 is 0. The first-order valence-electron chi connectivity index (χ1n) is 2.90. The van der Waals surface area contributed by atoms with Crippen molar-refractivity contribution in [2.75, 3.05) is 6.61 Å². The van der Waals surface area contributed by atoms with Crippen molar-refractivity contribution in [1.82, 2.24) is 10.6 Å². The van der Waals surface area contributed by atoms with Gasteiger partial charge in [-0.2, -0.15) is 0 Å². The van der Waals surface area contributed by atoms with E-state index in [0.29, 0.717) is 0 Å². The fourth-order valence-corrected chi connectivity index (χ4v) is 0.735. The van der Waals surface area contributed by atoms with Crippen molar-refractivity contribution in [1.29, 1.82) is 0 Å². The molecule has 1 fully saturated rings. The molecule has 60 valence electrons. The molecule has 0 aliphatic carbocycles. The van der Waals surface area contributed by atoms with E-state index in [1.807, 2.05) is 10.6 Å².